The number of nitrogens with one attached hydrogen (secondary N) is 2. The SMILES string of the molecule is CC.CS(=O)(=O)O.Cc1ccc(Oc2ccc(Nc3ccc(NC4CCCCC4)c4c3C(=O)c3ccccc3C4=O)cc2)cc1. The smallest absolute Gasteiger partial charge is 0.261 e. The third-order valence-electron chi connectivity index (χ3n) is 7.43. The van der Waals surface area contributed by atoms with Crippen LogP contribution in [0, 0.1) is 6.92 Å². The highest BCUT2D eigenvalue weighted by Crippen LogP contribution is 2.39. The highest BCUT2D eigenvalue weighted by molar-refractivity contribution is 7.85. The molecule has 3 N–H and O–H groups in total. The van der Waals surface area contributed by atoms with E-state index in [-0.39, 0.29) is 11.6 Å². The Hall–Kier alpha value is -4.47. The fourth-order valence-corrected chi connectivity index (χ4v) is 5.42. The number of aryl methyl sites for hydroxylation is 1. The zero-order chi connectivity index (χ0) is 32.6. The van der Waals surface area contributed by atoms with Gasteiger partial charge in [-0.15, -0.1) is 0 Å². The Kier molecular flexibility index (Phi) is 11.1. The van der Waals surface area contributed by atoms with Crippen LogP contribution >= 0.6 is 0 Å². The van der Waals surface area contributed by atoms with Gasteiger partial charge in [0.25, 0.3) is 10.1 Å². The molecule has 0 bridgehead atoms. The van der Waals surface area contributed by atoms with Gasteiger partial charge in [-0.3, -0.25) is 14.1 Å². The van der Waals surface area contributed by atoms with Gasteiger partial charge in [0.2, 0.25) is 0 Å². The molecule has 236 valence electrons. The van der Waals surface area contributed by atoms with Crippen molar-refractivity contribution in [2.45, 2.75) is 58.9 Å². The summed E-state index contributed by atoms with van der Waals surface area (Å²) in [7, 11) is -3.67. The molecule has 1 saturated carbocycles. The number of carbonyl (C=O) groups excluding carboxylic acids is 2. The number of rotatable bonds is 6. The van der Waals surface area contributed by atoms with Gasteiger partial charge in [-0.05, 0) is 68.3 Å². The quantitative estimate of drug-likeness (QED) is 0.160. The fourth-order valence-electron chi connectivity index (χ4n) is 5.42. The summed E-state index contributed by atoms with van der Waals surface area (Å²) in [5.41, 5.74) is 5.14. The summed E-state index contributed by atoms with van der Waals surface area (Å²) in [4.78, 5) is 27.5. The second-order valence-corrected chi connectivity index (χ2v) is 12.4. The lowest BCUT2D eigenvalue weighted by Crippen LogP contribution is -2.27. The van der Waals surface area contributed by atoms with Crippen molar-refractivity contribution in [3.63, 3.8) is 0 Å². The van der Waals surface area contributed by atoms with Gasteiger partial charge in [0.15, 0.2) is 11.6 Å². The van der Waals surface area contributed by atoms with Crippen molar-refractivity contribution < 1.29 is 27.3 Å². The molecular formula is C36H40N2O6S. The molecule has 0 saturated heterocycles. The van der Waals surface area contributed by atoms with E-state index in [1.807, 2.05) is 87.5 Å². The van der Waals surface area contributed by atoms with E-state index in [0.717, 1.165) is 30.0 Å². The standard InChI is InChI=1S/C33H30N2O3.C2H6.CH4O3S/c1-21-11-15-24(16-12-21)38-25-17-13-23(14-18-25)35-29-20-19-28(34-22-7-3-2-4-8-22)30-31(29)33(37)27-10-6-5-9-26(27)32(30)36;1-2;1-5(2,3)4/h5-6,9-20,22,34-35H,2-4,7-8H2,1H3;1-2H3;1H3,(H,2,3,4). The number of hydrogen-bond donors (Lipinski definition) is 3. The monoisotopic (exact) mass is 628 g/mol. The minimum atomic E-state index is -3.67. The van der Waals surface area contributed by atoms with E-state index in [0.29, 0.717) is 46.0 Å². The Morgan fingerprint density at radius 1 is 0.711 bits per heavy atom. The number of ether oxygens (including phenoxy) is 1. The molecule has 0 unspecified atom stereocenters. The lowest BCUT2D eigenvalue weighted by molar-refractivity contribution is 0.0980. The molecule has 1 fully saturated rings. The average molecular weight is 629 g/mol. The Morgan fingerprint density at radius 2 is 1.18 bits per heavy atom. The first-order chi connectivity index (χ1) is 21.6. The molecule has 4 aromatic carbocycles. The molecular weight excluding hydrogens is 588 g/mol. The van der Waals surface area contributed by atoms with E-state index in [9.17, 15) is 18.0 Å². The first-order valence-electron chi connectivity index (χ1n) is 15.2. The minimum Gasteiger partial charge on any atom is -0.457 e. The minimum absolute atomic E-state index is 0.112. The predicted octanol–water partition coefficient (Wildman–Crippen LogP) is 8.58. The first-order valence-corrected chi connectivity index (χ1v) is 17.1. The van der Waals surface area contributed by atoms with Crippen LogP contribution in [0.3, 0.4) is 0 Å². The number of fused-ring (bicyclic) bond motifs is 2. The highest BCUT2D eigenvalue weighted by atomic mass is 32.2. The maximum atomic E-state index is 13.8. The molecule has 0 heterocycles. The van der Waals surface area contributed by atoms with Crippen LogP contribution in [0.1, 0.15) is 83.4 Å². The van der Waals surface area contributed by atoms with Crippen LogP contribution in [-0.4, -0.2) is 36.8 Å². The summed E-state index contributed by atoms with van der Waals surface area (Å²) >= 11 is 0. The van der Waals surface area contributed by atoms with Crippen molar-refractivity contribution >= 4 is 38.7 Å². The van der Waals surface area contributed by atoms with Crippen LogP contribution in [0.25, 0.3) is 0 Å². The van der Waals surface area contributed by atoms with Gasteiger partial charge in [0.1, 0.15) is 11.5 Å². The van der Waals surface area contributed by atoms with E-state index in [4.69, 9.17) is 9.29 Å². The van der Waals surface area contributed by atoms with Gasteiger partial charge in [-0.2, -0.15) is 8.42 Å². The van der Waals surface area contributed by atoms with Crippen molar-refractivity contribution in [3.8, 4) is 11.5 Å². The average Bonchev–Trinajstić information content (AvgIpc) is 3.03. The molecule has 0 aliphatic heterocycles. The molecule has 8 nitrogen and oxygen atoms in total. The molecule has 0 radical (unpaired) electrons. The molecule has 0 aromatic heterocycles. The largest absolute Gasteiger partial charge is 0.457 e. The Balaban J connectivity index is 0.000000602. The molecule has 2 aliphatic rings. The van der Waals surface area contributed by atoms with Crippen LogP contribution in [0.5, 0.6) is 11.5 Å². The van der Waals surface area contributed by atoms with E-state index in [1.54, 1.807) is 18.2 Å². The van der Waals surface area contributed by atoms with Crippen molar-refractivity contribution in [2.24, 2.45) is 0 Å². The van der Waals surface area contributed by atoms with E-state index in [2.05, 4.69) is 10.6 Å². The lowest BCUT2D eigenvalue weighted by Gasteiger charge is -2.28. The summed E-state index contributed by atoms with van der Waals surface area (Å²) in [6.07, 6.45) is 6.47. The highest BCUT2D eigenvalue weighted by Gasteiger charge is 2.34. The molecule has 2 aliphatic carbocycles. The van der Waals surface area contributed by atoms with Crippen molar-refractivity contribution in [1.29, 1.82) is 0 Å². The Labute approximate surface area is 265 Å². The Bertz CT molecular complexity index is 1740. The fraction of sp³-hybridized carbons (Fsp3) is 0.278. The predicted molar refractivity (Wildman–Crippen MR) is 180 cm³/mol. The molecule has 0 amide bonds. The van der Waals surface area contributed by atoms with Crippen molar-refractivity contribution in [3.05, 3.63) is 113 Å². The number of anilines is 3. The summed E-state index contributed by atoms with van der Waals surface area (Å²) in [6.45, 7) is 6.04. The summed E-state index contributed by atoms with van der Waals surface area (Å²) < 4.78 is 31.8. The summed E-state index contributed by atoms with van der Waals surface area (Å²) in [5.74, 6) is 1.24. The molecule has 9 heteroatoms. The van der Waals surface area contributed by atoms with Crippen molar-refractivity contribution in [2.75, 3.05) is 16.9 Å². The van der Waals surface area contributed by atoms with Crippen LogP contribution < -0.4 is 15.4 Å². The third-order valence-corrected chi connectivity index (χ3v) is 7.43. The molecule has 45 heavy (non-hydrogen) atoms. The van der Waals surface area contributed by atoms with Gasteiger partial charge in [-0.1, -0.05) is 75.1 Å². The molecule has 0 atom stereocenters. The summed E-state index contributed by atoms with van der Waals surface area (Å²) in [5, 5.41) is 6.99. The molecule has 6 rings (SSSR count). The Morgan fingerprint density at radius 3 is 1.71 bits per heavy atom. The number of carbonyl (C=O) groups is 2. The van der Waals surface area contributed by atoms with Crippen molar-refractivity contribution in [1.82, 2.24) is 0 Å². The van der Waals surface area contributed by atoms with Gasteiger partial charge >= 0.3 is 0 Å². The maximum absolute atomic E-state index is 13.8. The molecule has 4 aromatic rings. The van der Waals surface area contributed by atoms with Crippen LogP contribution in [0.2, 0.25) is 0 Å². The lowest BCUT2D eigenvalue weighted by atomic mass is 9.82. The van der Waals surface area contributed by atoms with Crippen LogP contribution in [-0.2, 0) is 10.1 Å². The first kappa shape index (κ1) is 33.4. The zero-order valence-corrected chi connectivity index (χ0v) is 26.9. The van der Waals surface area contributed by atoms with Crippen LogP contribution in [0.4, 0.5) is 17.1 Å². The normalized spacial score (nSPS) is 14.1. The topological polar surface area (TPSA) is 122 Å². The molecule has 0 spiro atoms. The van der Waals surface area contributed by atoms with Gasteiger partial charge < -0.3 is 15.4 Å². The zero-order valence-electron chi connectivity index (χ0n) is 26.1. The maximum Gasteiger partial charge on any atom is 0.261 e. The van der Waals surface area contributed by atoms with Gasteiger partial charge in [0.05, 0.1) is 23.1 Å². The van der Waals surface area contributed by atoms with E-state index < -0.39 is 10.1 Å². The number of hydrogen-bond acceptors (Lipinski definition) is 7. The van der Waals surface area contributed by atoms with Gasteiger partial charge in [0, 0.05) is 28.5 Å². The second kappa shape index (κ2) is 15.0. The van der Waals surface area contributed by atoms with E-state index in [1.165, 1.54) is 24.8 Å². The third kappa shape index (κ3) is 8.80. The number of benzene rings is 4. The van der Waals surface area contributed by atoms with E-state index >= 15 is 0 Å². The van der Waals surface area contributed by atoms with Crippen LogP contribution in [0.15, 0.2) is 84.9 Å². The second-order valence-electron chi connectivity index (χ2n) is 10.9. The van der Waals surface area contributed by atoms with Gasteiger partial charge in [-0.25, -0.2) is 0 Å². The summed E-state index contributed by atoms with van der Waals surface area (Å²) in [6, 6.07) is 26.7. The number of ketones is 2.